The number of aryl methyl sites for hydroxylation is 2. The lowest BCUT2D eigenvalue weighted by Crippen LogP contribution is -2.22. The van der Waals surface area contributed by atoms with Crippen LogP contribution in [0.1, 0.15) is 28.5 Å². The molecule has 2 rings (SSSR count). The van der Waals surface area contributed by atoms with Gasteiger partial charge >= 0.3 is 11.7 Å². The van der Waals surface area contributed by atoms with E-state index in [4.69, 9.17) is 5.11 Å². The van der Waals surface area contributed by atoms with Crippen LogP contribution in [-0.4, -0.2) is 36.6 Å². The van der Waals surface area contributed by atoms with Gasteiger partial charge in [-0.05, 0) is 20.8 Å². The number of aliphatic carboxylic acids is 1. The molecule has 0 saturated heterocycles. The van der Waals surface area contributed by atoms with E-state index in [-0.39, 0.29) is 17.5 Å². The second-order valence-corrected chi connectivity index (χ2v) is 6.40. The smallest absolute Gasteiger partial charge is 0.344 e. The molecule has 2 aromatic rings. The van der Waals surface area contributed by atoms with Gasteiger partial charge in [0, 0.05) is 0 Å². The fourth-order valence-electron chi connectivity index (χ4n) is 1.91. The number of hydrogen-bond acceptors (Lipinski definition) is 6. The van der Waals surface area contributed by atoms with Crippen molar-refractivity contribution in [3.63, 3.8) is 0 Å². The van der Waals surface area contributed by atoms with Crippen molar-refractivity contribution in [2.75, 3.05) is 5.75 Å². The van der Waals surface area contributed by atoms with E-state index in [0.29, 0.717) is 5.16 Å². The summed E-state index contributed by atoms with van der Waals surface area (Å²) >= 11 is 2.54. The van der Waals surface area contributed by atoms with Gasteiger partial charge in [-0.25, -0.2) is 14.9 Å². The van der Waals surface area contributed by atoms with Crippen LogP contribution in [-0.2, 0) is 4.79 Å². The van der Waals surface area contributed by atoms with Gasteiger partial charge in [-0.15, -0.1) is 16.4 Å². The molecule has 108 valence electrons. The van der Waals surface area contributed by atoms with Crippen molar-refractivity contribution in [2.24, 2.45) is 0 Å². The molecule has 0 spiro atoms. The number of hydrogen-bond donors (Lipinski definition) is 2. The standard InChI is InChI=1S/C11H14N4O3S2/c1-5-9(20-7(3)12-5)6(2)15-10(18)13-14-11(15)19-4-8(16)17/h6H,4H2,1-3H3,(H,13,18)(H,16,17). The Labute approximate surface area is 123 Å². The van der Waals surface area contributed by atoms with E-state index >= 15 is 0 Å². The van der Waals surface area contributed by atoms with Gasteiger partial charge in [-0.3, -0.25) is 9.36 Å². The normalized spacial score (nSPS) is 12.6. The maximum absolute atomic E-state index is 11.9. The lowest BCUT2D eigenvalue weighted by Gasteiger charge is -2.12. The number of thiazole rings is 1. The van der Waals surface area contributed by atoms with E-state index in [1.807, 2.05) is 20.8 Å². The second kappa shape index (κ2) is 5.80. The first-order valence-electron chi connectivity index (χ1n) is 5.85. The van der Waals surface area contributed by atoms with Crippen molar-refractivity contribution in [3.8, 4) is 0 Å². The highest BCUT2D eigenvalue weighted by atomic mass is 32.2. The summed E-state index contributed by atoms with van der Waals surface area (Å²) in [6.07, 6.45) is 0. The zero-order valence-electron chi connectivity index (χ0n) is 11.2. The van der Waals surface area contributed by atoms with Crippen LogP contribution in [0.2, 0.25) is 0 Å². The number of rotatable bonds is 5. The number of carbonyl (C=O) groups is 1. The van der Waals surface area contributed by atoms with Gasteiger partial charge in [0.25, 0.3) is 0 Å². The molecule has 1 unspecified atom stereocenters. The first-order chi connectivity index (χ1) is 9.40. The van der Waals surface area contributed by atoms with Gasteiger partial charge in [-0.2, -0.15) is 0 Å². The summed E-state index contributed by atoms with van der Waals surface area (Å²) in [5.41, 5.74) is 0.526. The van der Waals surface area contributed by atoms with E-state index in [1.54, 1.807) is 0 Å². The largest absolute Gasteiger partial charge is 0.481 e. The van der Waals surface area contributed by atoms with E-state index in [2.05, 4.69) is 15.2 Å². The molecule has 2 N–H and O–H groups in total. The summed E-state index contributed by atoms with van der Waals surface area (Å²) in [7, 11) is 0. The minimum absolute atomic E-state index is 0.141. The first-order valence-corrected chi connectivity index (χ1v) is 7.65. The van der Waals surface area contributed by atoms with Crippen LogP contribution in [0.25, 0.3) is 0 Å². The molecule has 0 aromatic carbocycles. The van der Waals surface area contributed by atoms with Crippen LogP contribution in [0.3, 0.4) is 0 Å². The van der Waals surface area contributed by atoms with Crippen LogP contribution in [0.4, 0.5) is 0 Å². The third-order valence-electron chi connectivity index (χ3n) is 2.70. The number of nitrogens with one attached hydrogen (secondary N) is 1. The number of aromatic amines is 1. The third-order valence-corrected chi connectivity index (χ3v) is 4.88. The molecule has 2 heterocycles. The van der Waals surface area contributed by atoms with Gasteiger partial charge in [0.2, 0.25) is 0 Å². The van der Waals surface area contributed by atoms with Crippen molar-refractivity contribution in [1.29, 1.82) is 0 Å². The maximum atomic E-state index is 11.9. The van der Waals surface area contributed by atoms with E-state index < -0.39 is 5.97 Å². The maximum Gasteiger partial charge on any atom is 0.344 e. The Balaban J connectivity index is 2.36. The van der Waals surface area contributed by atoms with Gasteiger partial charge in [0.15, 0.2) is 5.16 Å². The summed E-state index contributed by atoms with van der Waals surface area (Å²) in [5.74, 6) is -1.09. The topological polar surface area (TPSA) is 101 Å². The number of thioether (sulfide) groups is 1. The zero-order chi connectivity index (χ0) is 14.9. The molecule has 0 bridgehead atoms. The fourth-order valence-corrected chi connectivity index (χ4v) is 3.62. The van der Waals surface area contributed by atoms with E-state index in [1.165, 1.54) is 15.9 Å². The van der Waals surface area contributed by atoms with Gasteiger partial charge in [0.05, 0.1) is 27.4 Å². The average molecular weight is 314 g/mol. The number of carboxylic acids is 1. The summed E-state index contributed by atoms with van der Waals surface area (Å²) in [5, 5.41) is 16.3. The Morgan fingerprint density at radius 3 is 2.80 bits per heavy atom. The molecular formula is C11H14N4O3S2. The Morgan fingerprint density at radius 2 is 2.25 bits per heavy atom. The highest BCUT2D eigenvalue weighted by Crippen LogP contribution is 2.29. The lowest BCUT2D eigenvalue weighted by atomic mass is 10.2. The second-order valence-electron chi connectivity index (χ2n) is 4.22. The van der Waals surface area contributed by atoms with Crippen molar-refractivity contribution in [2.45, 2.75) is 32.0 Å². The quantitative estimate of drug-likeness (QED) is 0.810. The molecule has 1 atom stereocenters. The molecule has 0 aliphatic heterocycles. The van der Waals surface area contributed by atoms with E-state index in [9.17, 15) is 9.59 Å². The van der Waals surface area contributed by atoms with E-state index in [0.717, 1.165) is 27.3 Å². The summed E-state index contributed by atoms with van der Waals surface area (Å²) < 4.78 is 1.47. The Kier molecular flexibility index (Phi) is 4.29. The lowest BCUT2D eigenvalue weighted by molar-refractivity contribution is -0.133. The molecule has 0 aliphatic rings. The summed E-state index contributed by atoms with van der Waals surface area (Å²) in [4.78, 5) is 27.8. The van der Waals surface area contributed by atoms with Crippen LogP contribution in [0, 0.1) is 13.8 Å². The number of nitrogens with zero attached hydrogens (tertiary/aromatic N) is 3. The van der Waals surface area contributed by atoms with Crippen molar-refractivity contribution >= 4 is 29.1 Å². The average Bonchev–Trinajstić information content (AvgIpc) is 2.89. The summed E-state index contributed by atoms with van der Waals surface area (Å²) in [6, 6.07) is -0.233. The number of carboxylic acid groups (broad SMARTS) is 1. The first kappa shape index (κ1) is 14.8. The Hall–Kier alpha value is -1.61. The zero-order valence-corrected chi connectivity index (χ0v) is 12.8. The molecule has 7 nitrogen and oxygen atoms in total. The van der Waals surface area contributed by atoms with Crippen LogP contribution >= 0.6 is 23.1 Å². The Morgan fingerprint density at radius 1 is 1.55 bits per heavy atom. The van der Waals surface area contributed by atoms with Crippen molar-refractivity contribution in [3.05, 3.63) is 26.1 Å². The molecule has 0 aliphatic carbocycles. The Bertz CT molecular complexity index is 688. The van der Waals surface area contributed by atoms with Gasteiger partial charge in [0.1, 0.15) is 0 Å². The molecular weight excluding hydrogens is 300 g/mol. The van der Waals surface area contributed by atoms with Crippen LogP contribution in [0.15, 0.2) is 9.95 Å². The number of H-pyrrole nitrogens is 1. The molecule has 0 amide bonds. The third kappa shape index (κ3) is 2.93. The highest BCUT2D eigenvalue weighted by molar-refractivity contribution is 7.99. The molecule has 0 saturated carbocycles. The molecule has 2 aromatic heterocycles. The summed E-state index contributed by atoms with van der Waals surface area (Å²) in [6.45, 7) is 5.68. The molecule has 20 heavy (non-hydrogen) atoms. The minimum Gasteiger partial charge on any atom is -0.481 e. The van der Waals surface area contributed by atoms with Crippen LogP contribution in [0.5, 0.6) is 0 Å². The minimum atomic E-state index is -0.950. The van der Waals surface area contributed by atoms with Gasteiger partial charge < -0.3 is 5.11 Å². The highest BCUT2D eigenvalue weighted by Gasteiger charge is 2.21. The predicted octanol–water partition coefficient (Wildman–Crippen LogP) is 1.43. The fraction of sp³-hybridized carbons (Fsp3) is 0.455. The predicted molar refractivity (Wildman–Crippen MR) is 76.6 cm³/mol. The SMILES string of the molecule is Cc1nc(C)c(C(C)n2c(SCC(=O)O)n[nH]c2=O)s1. The van der Waals surface area contributed by atoms with Crippen molar-refractivity contribution < 1.29 is 9.90 Å². The molecule has 9 heteroatoms. The monoisotopic (exact) mass is 314 g/mol. The molecule has 0 fully saturated rings. The van der Waals surface area contributed by atoms with Crippen molar-refractivity contribution in [1.82, 2.24) is 19.7 Å². The van der Waals surface area contributed by atoms with Gasteiger partial charge in [-0.1, -0.05) is 11.8 Å². The van der Waals surface area contributed by atoms with Crippen LogP contribution < -0.4 is 5.69 Å². The molecule has 0 radical (unpaired) electrons. The number of aromatic nitrogens is 4.